The van der Waals surface area contributed by atoms with Gasteiger partial charge in [0.1, 0.15) is 12.4 Å². The number of benzene rings is 1. The first kappa shape index (κ1) is 19.6. The summed E-state index contributed by atoms with van der Waals surface area (Å²) in [6.07, 6.45) is 1.67. The Balaban J connectivity index is 0.00000242. The fourth-order valence-electron chi connectivity index (χ4n) is 1.96. The zero-order chi connectivity index (χ0) is 15.4. The second-order valence-corrected chi connectivity index (χ2v) is 5.54. The van der Waals surface area contributed by atoms with Crippen LogP contribution in [0.25, 0.3) is 11.3 Å². The SMILES string of the molecule is C=CCOc1ccc(-c2[c-]cc(Br)c(=O)n2CC)c(Cl)c1.[Y]. The molecule has 0 aliphatic carbocycles. The van der Waals surface area contributed by atoms with E-state index in [9.17, 15) is 4.79 Å². The molecule has 1 heterocycles. The second kappa shape index (κ2) is 9.02. The minimum atomic E-state index is -0.102. The van der Waals surface area contributed by atoms with Gasteiger partial charge in [0.2, 0.25) is 5.56 Å². The van der Waals surface area contributed by atoms with Crippen molar-refractivity contribution < 1.29 is 37.4 Å². The zero-order valence-corrected chi connectivity index (χ0v) is 17.3. The fraction of sp³-hybridized carbons (Fsp3) is 0.188. The van der Waals surface area contributed by atoms with Gasteiger partial charge in [0.25, 0.3) is 0 Å². The van der Waals surface area contributed by atoms with Gasteiger partial charge in [-0.05, 0) is 28.6 Å². The topological polar surface area (TPSA) is 31.2 Å². The molecule has 0 N–H and O–H groups in total. The van der Waals surface area contributed by atoms with Crippen molar-refractivity contribution in [2.75, 3.05) is 6.61 Å². The van der Waals surface area contributed by atoms with Gasteiger partial charge < -0.3 is 9.30 Å². The largest absolute Gasteiger partial charge is 0.490 e. The molecule has 0 saturated heterocycles. The molecular formula is C16H14BrClNO2Y-. The Morgan fingerprint density at radius 2 is 2.23 bits per heavy atom. The van der Waals surface area contributed by atoms with Crippen LogP contribution in [0.5, 0.6) is 5.75 Å². The van der Waals surface area contributed by atoms with Gasteiger partial charge in [-0.3, -0.25) is 4.79 Å². The molecule has 0 bridgehead atoms. The van der Waals surface area contributed by atoms with E-state index in [0.29, 0.717) is 34.1 Å². The molecule has 6 heteroatoms. The number of hydrogen-bond acceptors (Lipinski definition) is 2. The maximum Gasteiger partial charge on any atom is 0.208 e. The van der Waals surface area contributed by atoms with Crippen LogP contribution in [-0.4, -0.2) is 11.2 Å². The molecule has 2 aromatic rings. The quantitative estimate of drug-likeness (QED) is 0.496. The molecule has 22 heavy (non-hydrogen) atoms. The second-order valence-electron chi connectivity index (χ2n) is 4.28. The van der Waals surface area contributed by atoms with Crippen molar-refractivity contribution >= 4 is 27.5 Å². The van der Waals surface area contributed by atoms with Crippen molar-refractivity contribution in [3.8, 4) is 17.0 Å². The smallest absolute Gasteiger partial charge is 0.208 e. The summed E-state index contributed by atoms with van der Waals surface area (Å²) in [4.78, 5) is 12.1. The van der Waals surface area contributed by atoms with Gasteiger partial charge in [-0.2, -0.15) is 12.1 Å². The first-order valence-corrected chi connectivity index (χ1v) is 7.60. The minimum absolute atomic E-state index is 0. The molecule has 3 nitrogen and oxygen atoms in total. The van der Waals surface area contributed by atoms with Crippen molar-refractivity contribution in [2.24, 2.45) is 0 Å². The molecule has 0 saturated carbocycles. The number of rotatable bonds is 5. The number of nitrogens with zero attached hydrogens (tertiary/aromatic N) is 1. The molecule has 0 aliphatic heterocycles. The van der Waals surface area contributed by atoms with Gasteiger partial charge in [0, 0.05) is 39.3 Å². The Bertz CT molecular complexity index is 731. The molecule has 0 fully saturated rings. The minimum Gasteiger partial charge on any atom is -0.490 e. The first-order chi connectivity index (χ1) is 10.1. The average molecular weight is 457 g/mol. The number of halogens is 2. The van der Waals surface area contributed by atoms with E-state index in [0.717, 1.165) is 5.56 Å². The summed E-state index contributed by atoms with van der Waals surface area (Å²) in [6, 6.07) is 10.1. The number of ether oxygens (including phenoxy) is 1. The van der Waals surface area contributed by atoms with Crippen molar-refractivity contribution in [3.05, 3.63) is 62.8 Å². The van der Waals surface area contributed by atoms with Gasteiger partial charge in [0.05, 0.1) is 0 Å². The van der Waals surface area contributed by atoms with Crippen molar-refractivity contribution in [3.63, 3.8) is 0 Å². The van der Waals surface area contributed by atoms with Crippen LogP contribution in [0.3, 0.4) is 0 Å². The molecule has 0 unspecified atom stereocenters. The summed E-state index contributed by atoms with van der Waals surface area (Å²) < 4.78 is 7.54. The van der Waals surface area contributed by atoms with Gasteiger partial charge >= 0.3 is 0 Å². The van der Waals surface area contributed by atoms with Crippen LogP contribution in [0.1, 0.15) is 6.92 Å². The number of aromatic nitrogens is 1. The average Bonchev–Trinajstić information content (AvgIpc) is 2.48. The van der Waals surface area contributed by atoms with E-state index < -0.39 is 0 Å². The molecule has 0 aliphatic rings. The summed E-state index contributed by atoms with van der Waals surface area (Å²) in [5.74, 6) is 0.658. The zero-order valence-electron chi connectivity index (χ0n) is 12.1. The van der Waals surface area contributed by atoms with Crippen LogP contribution >= 0.6 is 27.5 Å². The van der Waals surface area contributed by atoms with Gasteiger partial charge in [-0.15, -0.1) is 22.0 Å². The molecule has 1 aromatic carbocycles. The van der Waals surface area contributed by atoms with Crippen LogP contribution < -0.4 is 10.3 Å². The maximum absolute atomic E-state index is 12.1. The number of hydrogen-bond donors (Lipinski definition) is 0. The van der Waals surface area contributed by atoms with Gasteiger partial charge in [0.15, 0.2) is 0 Å². The van der Waals surface area contributed by atoms with E-state index in [-0.39, 0.29) is 38.3 Å². The van der Waals surface area contributed by atoms with E-state index in [1.165, 1.54) is 0 Å². The third kappa shape index (κ3) is 4.32. The fourth-order valence-corrected chi connectivity index (χ4v) is 2.55. The summed E-state index contributed by atoms with van der Waals surface area (Å²) in [5.41, 5.74) is 1.30. The van der Waals surface area contributed by atoms with Crippen molar-refractivity contribution in [1.82, 2.24) is 4.57 Å². The van der Waals surface area contributed by atoms with Crippen LogP contribution in [0.15, 0.2) is 46.2 Å². The van der Waals surface area contributed by atoms with Crippen LogP contribution in [0, 0.1) is 6.07 Å². The van der Waals surface area contributed by atoms with Crippen LogP contribution in [-0.2, 0) is 39.3 Å². The van der Waals surface area contributed by atoms with E-state index in [2.05, 4.69) is 28.6 Å². The van der Waals surface area contributed by atoms with E-state index in [1.807, 2.05) is 19.1 Å². The van der Waals surface area contributed by atoms with Crippen LogP contribution in [0.2, 0.25) is 5.02 Å². The first-order valence-electron chi connectivity index (χ1n) is 6.43. The molecular weight excluding hydrogens is 442 g/mol. The molecule has 0 atom stereocenters. The van der Waals surface area contributed by atoms with E-state index >= 15 is 0 Å². The summed E-state index contributed by atoms with van der Waals surface area (Å²) in [6.45, 7) is 6.46. The predicted octanol–water partition coefficient (Wildman–Crippen LogP) is 4.31. The van der Waals surface area contributed by atoms with Gasteiger partial charge in [-0.25, -0.2) is 0 Å². The van der Waals surface area contributed by atoms with Crippen molar-refractivity contribution in [2.45, 2.75) is 13.5 Å². The summed E-state index contributed by atoms with van der Waals surface area (Å²) >= 11 is 9.54. The summed E-state index contributed by atoms with van der Waals surface area (Å²) in [7, 11) is 0. The Labute approximate surface area is 168 Å². The Kier molecular flexibility index (Phi) is 8.05. The standard InChI is InChI=1S/C16H14BrClNO2.Y/c1-3-9-21-11-5-6-12(14(18)10-11)15-8-7-13(17)16(20)19(15)4-2;/h3,5-7,10H,1,4,9H2,2H3;/q-1;. The summed E-state index contributed by atoms with van der Waals surface area (Å²) in [5, 5.41) is 0.511. The van der Waals surface area contributed by atoms with E-state index in [1.54, 1.807) is 22.8 Å². The Morgan fingerprint density at radius 3 is 2.82 bits per heavy atom. The third-order valence-corrected chi connectivity index (χ3v) is 3.82. The number of pyridine rings is 1. The molecule has 1 radical (unpaired) electrons. The maximum atomic E-state index is 12.1. The monoisotopic (exact) mass is 455 g/mol. The molecule has 1 aromatic heterocycles. The molecule has 2 rings (SSSR count). The van der Waals surface area contributed by atoms with Crippen LogP contribution in [0.4, 0.5) is 0 Å². The van der Waals surface area contributed by atoms with E-state index in [4.69, 9.17) is 16.3 Å². The van der Waals surface area contributed by atoms with Gasteiger partial charge in [-0.1, -0.05) is 35.5 Å². The van der Waals surface area contributed by atoms with Crippen molar-refractivity contribution in [1.29, 1.82) is 0 Å². The molecule has 113 valence electrons. The third-order valence-electron chi connectivity index (χ3n) is 2.93. The normalized spacial score (nSPS) is 9.95. The predicted molar refractivity (Wildman–Crippen MR) is 89.1 cm³/mol. The molecule has 0 spiro atoms. The Morgan fingerprint density at radius 1 is 1.50 bits per heavy atom. The Hall–Kier alpha value is -0.416. The molecule has 0 amide bonds.